The van der Waals surface area contributed by atoms with Crippen LogP contribution < -0.4 is 19.7 Å². The Morgan fingerprint density at radius 2 is 1.63 bits per heavy atom. The summed E-state index contributed by atoms with van der Waals surface area (Å²) < 4.78 is 24.4. The van der Waals surface area contributed by atoms with Crippen LogP contribution in [0, 0.1) is 5.82 Å². The molecule has 4 rings (SSSR count). The molecular formula is C27H23FN2O5. The van der Waals surface area contributed by atoms with E-state index in [9.17, 15) is 18.8 Å². The van der Waals surface area contributed by atoms with E-state index in [4.69, 9.17) is 9.47 Å². The summed E-state index contributed by atoms with van der Waals surface area (Å²) in [5, 5.41) is 2.22. The van der Waals surface area contributed by atoms with E-state index in [1.54, 1.807) is 42.5 Å². The van der Waals surface area contributed by atoms with Crippen molar-refractivity contribution in [1.29, 1.82) is 0 Å². The van der Waals surface area contributed by atoms with Gasteiger partial charge in [0.1, 0.15) is 29.5 Å². The number of barbiturate groups is 1. The average Bonchev–Trinajstić information content (AvgIpc) is 2.87. The van der Waals surface area contributed by atoms with Gasteiger partial charge in [-0.2, -0.15) is 0 Å². The first kappa shape index (κ1) is 23.7. The van der Waals surface area contributed by atoms with Gasteiger partial charge in [-0.05, 0) is 60.0 Å². The van der Waals surface area contributed by atoms with Crippen LogP contribution in [0.5, 0.6) is 11.5 Å². The highest BCUT2D eigenvalue weighted by Gasteiger charge is 2.37. The quantitative estimate of drug-likeness (QED) is 0.398. The Hall–Kier alpha value is -4.46. The third-order valence-electron chi connectivity index (χ3n) is 5.53. The van der Waals surface area contributed by atoms with E-state index in [0.29, 0.717) is 22.7 Å². The molecule has 0 saturated carbocycles. The van der Waals surface area contributed by atoms with Crippen LogP contribution in [0.4, 0.5) is 14.9 Å². The standard InChI is InChI=1S/C27H23FN2O5/c1-3-17-6-11-21(12-7-17)30-26(32)23(25(31)29-27(30)33)14-19-8-13-22(34-2)15-24(19)35-16-18-4-9-20(28)10-5-18/h4-15H,3,16H2,1-2H3,(H,29,31,33)/b23-14+. The van der Waals surface area contributed by atoms with Crippen molar-refractivity contribution in [3.8, 4) is 11.5 Å². The molecule has 4 amide bonds. The Morgan fingerprint density at radius 3 is 2.29 bits per heavy atom. The number of hydrogen-bond acceptors (Lipinski definition) is 5. The molecule has 0 aliphatic carbocycles. The van der Waals surface area contributed by atoms with Crippen LogP contribution in [0.1, 0.15) is 23.6 Å². The number of aryl methyl sites for hydroxylation is 1. The summed E-state index contributed by atoms with van der Waals surface area (Å²) in [6, 6.07) is 16.9. The van der Waals surface area contributed by atoms with Gasteiger partial charge in [-0.25, -0.2) is 14.1 Å². The molecule has 1 heterocycles. The van der Waals surface area contributed by atoms with Crippen molar-refractivity contribution in [3.05, 3.63) is 94.8 Å². The molecule has 0 spiro atoms. The molecule has 0 aromatic heterocycles. The second-order valence-corrected chi connectivity index (χ2v) is 7.80. The van der Waals surface area contributed by atoms with Crippen LogP contribution >= 0.6 is 0 Å². The number of benzene rings is 3. The highest BCUT2D eigenvalue weighted by molar-refractivity contribution is 6.39. The largest absolute Gasteiger partial charge is 0.497 e. The lowest BCUT2D eigenvalue weighted by atomic mass is 10.1. The summed E-state index contributed by atoms with van der Waals surface area (Å²) in [6.45, 7) is 2.12. The van der Waals surface area contributed by atoms with E-state index in [2.05, 4.69) is 5.32 Å². The molecule has 1 N–H and O–H groups in total. The predicted molar refractivity (Wildman–Crippen MR) is 129 cm³/mol. The number of amides is 4. The minimum Gasteiger partial charge on any atom is -0.497 e. The first-order valence-corrected chi connectivity index (χ1v) is 10.9. The molecule has 1 saturated heterocycles. The number of nitrogens with zero attached hydrogens (tertiary/aromatic N) is 1. The third-order valence-corrected chi connectivity index (χ3v) is 5.53. The molecule has 0 unspecified atom stereocenters. The van der Waals surface area contributed by atoms with Gasteiger partial charge in [-0.1, -0.05) is 31.2 Å². The Morgan fingerprint density at radius 1 is 0.943 bits per heavy atom. The summed E-state index contributed by atoms with van der Waals surface area (Å²) in [7, 11) is 1.50. The molecule has 0 bridgehead atoms. The number of imide groups is 2. The van der Waals surface area contributed by atoms with Crippen LogP contribution in [0.15, 0.2) is 72.3 Å². The van der Waals surface area contributed by atoms with Crippen molar-refractivity contribution in [3.63, 3.8) is 0 Å². The second kappa shape index (κ2) is 10.2. The maximum absolute atomic E-state index is 13.2. The smallest absolute Gasteiger partial charge is 0.335 e. The fraction of sp³-hybridized carbons (Fsp3) is 0.148. The summed E-state index contributed by atoms with van der Waals surface area (Å²) in [4.78, 5) is 39.2. The van der Waals surface area contributed by atoms with Gasteiger partial charge in [0.2, 0.25) is 0 Å². The molecule has 1 aliphatic heterocycles. The van der Waals surface area contributed by atoms with E-state index in [0.717, 1.165) is 22.4 Å². The predicted octanol–water partition coefficient (Wildman–Crippen LogP) is 4.64. The fourth-order valence-electron chi connectivity index (χ4n) is 3.56. The molecular weight excluding hydrogens is 451 g/mol. The number of carbonyl (C=O) groups excluding carboxylic acids is 3. The monoisotopic (exact) mass is 474 g/mol. The lowest BCUT2D eigenvalue weighted by Gasteiger charge is -2.26. The average molecular weight is 474 g/mol. The van der Waals surface area contributed by atoms with Crippen molar-refractivity contribution in [2.24, 2.45) is 0 Å². The third kappa shape index (κ3) is 5.22. The van der Waals surface area contributed by atoms with Crippen molar-refractivity contribution in [1.82, 2.24) is 5.32 Å². The topological polar surface area (TPSA) is 84.9 Å². The van der Waals surface area contributed by atoms with Gasteiger partial charge in [-0.15, -0.1) is 0 Å². The van der Waals surface area contributed by atoms with E-state index in [1.807, 2.05) is 19.1 Å². The zero-order valence-corrected chi connectivity index (χ0v) is 19.2. The molecule has 0 radical (unpaired) electrons. The summed E-state index contributed by atoms with van der Waals surface area (Å²) in [5.74, 6) is -1.05. The summed E-state index contributed by atoms with van der Waals surface area (Å²) in [6.07, 6.45) is 2.18. The highest BCUT2D eigenvalue weighted by atomic mass is 19.1. The van der Waals surface area contributed by atoms with Gasteiger partial charge in [0.05, 0.1) is 12.8 Å². The first-order chi connectivity index (χ1) is 16.9. The van der Waals surface area contributed by atoms with Crippen LogP contribution in [0.3, 0.4) is 0 Å². The van der Waals surface area contributed by atoms with Gasteiger partial charge in [0, 0.05) is 11.6 Å². The van der Waals surface area contributed by atoms with E-state index >= 15 is 0 Å². The van der Waals surface area contributed by atoms with Crippen LogP contribution in [-0.4, -0.2) is 25.0 Å². The molecule has 1 aliphatic rings. The van der Waals surface area contributed by atoms with Crippen molar-refractivity contribution in [2.75, 3.05) is 12.0 Å². The van der Waals surface area contributed by atoms with Gasteiger partial charge in [0.25, 0.3) is 11.8 Å². The van der Waals surface area contributed by atoms with E-state index < -0.39 is 17.8 Å². The summed E-state index contributed by atoms with van der Waals surface area (Å²) in [5.41, 5.74) is 2.34. The van der Waals surface area contributed by atoms with Gasteiger partial charge in [0.15, 0.2) is 0 Å². The molecule has 7 nitrogen and oxygen atoms in total. The molecule has 3 aromatic rings. The maximum atomic E-state index is 13.2. The minimum atomic E-state index is -0.816. The summed E-state index contributed by atoms with van der Waals surface area (Å²) >= 11 is 0. The second-order valence-electron chi connectivity index (χ2n) is 7.80. The molecule has 8 heteroatoms. The fourth-order valence-corrected chi connectivity index (χ4v) is 3.56. The van der Waals surface area contributed by atoms with Crippen molar-refractivity contribution >= 4 is 29.6 Å². The Balaban J connectivity index is 1.66. The van der Waals surface area contributed by atoms with Crippen LogP contribution in [0.2, 0.25) is 0 Å². The molecule has 35 heavy (non-hydrogen) atoms. The Bertz CT molecular complexity index is 1300. The lowest BCUT2D eigenvalue weighted by Crippen LogP contribution is -2.54. The van der Waals surface area contributed by atoms with Gasteiger partial charge < -0.3 is 9.47 Å². The zero-order valence-electron chi connectivity index (χ0n) is 19.2. The van der Waals surface area contributed by atoms with Crippen molar-refractivity contribution in [2.45, 2.75) is 20.0 Å². The van der Waals surface area contributed by atoms with Gasteiger partial charge in [-0.3, -0.25) is 14.9 Å². The number of halogens is 1. The number of hydrogen-bond donors (Lipinski definition) is 1. The first-order valence-electron chi connectivity index (χ1n) is 10.9. The normalized spacial score (nSPS) is 14.8. The minimum absolute atomic E-state index is 0.123. The van der Waals surface area contributed by atoms with Crippen LogP contribution in [-0.2, 0) is 22.6 Å². The number of ether oxygens (including phenoxy) is 2. The SMILES string of the molecule is CCc1ccc(N2C(=O)NC(=O)/C(=C\c3ccc(OC)cc3OCc3ccc(F)cc3)C2=O)cc1. The number of urea groups is 1. The van der Waals surface area contributed by atoms with Gasteiger partial charge >= 0.3 is 6.03 Å². The van der Waals surface area contributed by atoms with E-state index in [1.165, 1.54) is 25.3 Å². The highest BCUT2D eigenvalue weighted by Crippen LogP contribution is 2.29. The van der Waals surface area contributed by atoms with E-state index in [-0.39, 0.29) is 18.0 Å². The lowest BCUT2D eigenvalue weighted by molar-refractivity contribution is -0.122. The van der Waals surface area contributed by atoms with Crippen LogP contribution in [0.25, 0.3) is 6.08 Å². The number of carbonyl (C=O) groups is 3. The number of rotatable bonds is 7. The molecule has 1 fully saturated rings. The molecule has 3 aromatic carbocycles. The Labute approximate surface area is 201 Å². The number of methoxy groups -OCH3 is 1. The zero-order chi connectivity index (χ0) is 24.9. The van der Waals surface area contributed by atoms with Crippen molar-refractivity contribution < 1.29 is 28.2 Å². The number of anilines is 1. The molecule has 0 atom stereocenters. The Kier molecular flexibility index (Phi) is 6.91. The number of nitrogens with one attached hydrogen (secondary N) is 1. The maximum Gasteiger partial charge on any atom is 0.335 e. The molecule has 178 valence electrons.